The van der Waals surface area contributed by atoms with Crippen LogP contribution in [0.1, 0.15) is 51.4 Å². The Morgan fingerprint density at radius 1 is 1.00 bits per heavy atom. The largest absolute Gasteiger partial charge is 0.378 e. The third-order valence-electron chi connectivity index (χ3n) is 2.75. The van der Waals surface area contributed by atoms with E-state index in [1.165, 1.54) is 38.5 Å². The lowest BCUT2D eigenvalue weighted by Crippen LogP contribution is -2.13. The highest BCUT2D eigenvalue weighted by molar-refractivity contribution is 4.63. The molecule has 1 saturated carbocycles. The number of hydrogen-bond donors (Lipinski definition) is 1. The lowest BCUT2D eigenvalue weighted by molar-refractivity contribution is 0.0412. The summed E-state index contributed by atoms with van der Waals surface area (Å²) in [5.41, 5.74) is 5.42. The van der Waals surface area contributed by atoms with Crippen LogP contribution in [-0.2, 0) is 4.74 Å². The fourth-order valence-electron chi connectivity index (χ4n) is 1.90. The van der Waals surface area contributed by atoms with Gasteiger partial charge in [0.1, 0.15) is 0 Å². The second kappa shape index (κ2) is 7.34. The predicted octanol–water partition coefficient (Wildman–Crippen LogP) is 2.46. The van der Waals surface area contributed by atoms with E-state index < -0.39 is 0 Å². The number of ether oxygens (including phenoxy) is 1. The van der Waals surface area contributed by atoms with E-state index in [9.17, 15) is 0 Å². The molecule has 0 atom stereocenters. The molecule has 0 aliphatic heterocycles. The molecule has 1 aliphatic carbocycles. The number of rotatable bonds is 5. The fraction of sp³-hybridized carbons (Fsp3) is 1.00. The van der Waals surface area contributed by atoms with Crippen molar-refractivity contribution in [3.63, 3.8) is 0 Å². The molecule has 0 radical (unpaired) electrons. The molecule has 0 saturated heterocycles. The zero-order valence-corrected chi connectivity index (χ0v) is 8.63. The van der Waals surface area contributed by atoms with Crippen molar-refractivity contribution >= 4 is 0 Å². The maximum Gasteiger partial charge on any atom is 0.0575 e. The topological polar surface area (TPSA) is 35.2 Å². The van der Waals surface area contributed by atoms with Gasteiger partial charge >= 0.3 is 0 Å². The monoisotopic (exact) mass is 185 g/mol. The second-order valence-electron chi connectivity index (χ2n) is 3.98. The predicted molar refractivity (Wildman–Crippen MR) is 55.7 cm³/mol. The van der Waals surface area contributed by atoms with Crippen molar-refractivity contribution in [2.24, 2.45) is 5.73 Å². The molecular formula is C11H23NO. The standard InChI is InChI=1S/C11H23NO/c12-9-5-6-10-13-11-7-3-1-2-4-8-11/h11H,1-10,12H2. The van der Waals surface area contributed by atoms with E-state index in [-0.39, 0.29) is 0 Å². The van der Waals surface area contributed by atoms with Crippen molar-refractivity contribution in [3.05, 3.63) is 0 Å². The van der Waals surface area contributed by atoms with Crippen LogP contribution in [0.2, 0.25) is 0 Å². The Bertz CT molecular complexity index is 109. The molecule has 0 heterocycles. The number of unbranched alkanes of at least 4 members (excludes halogenated alkanes) is 1. The second-order valence-corrected chi connectivity index (χ2v) is 3.98. The number of hydrogen-bond acceptors (Lipinski definition) is 2. The maximum atomic E-state index is 5.81. The lowest BCUT2D eigenvalue weighted by Gasteiger charge is -2.14. The average molecular weight is 185 g/mol. The minimum Gasteiger partial charge on any atom is -0.378 e. The fourth-order valence-corrected chi connectivity index (χ4v) is 1.90. The van der Waals surface area contributed by atoms with E-state index in [0.29, 0.717) is 6.10 Å². The summed E-state index contributed by atoms with van der Waals surface area (Å²) in [4.78, 5) is 0. The first-order valence-corrected chi connectivity index (χ1v) is 5.75. The van der Waals surface area contributed by atoms with Crippen LogP contribution in [0, 0.1) is 0 Å². The van der Waals surface area contributed by atoms with Gasteiger partial charge in [0, 0.05) is 6.61 Å². The van der Waals surface area contributed by atoms with Gasteiger partial charge in [0.05, 0.1) is 6.10 Å². The van der Waals surface area contributed by atoms with Gasteiger partial charge < -0.3 is 10.5 Å². The van der Waals surface area contributed by atoms with Crippen LogP contribution in [0.4, 0.5) is 0 Å². The quantitative estimate of drug-likeness (QED) is 0.527. The molecule has 2 nitrogen and oxygen atoms in total. The van der Waals surface area contributed by atoms with Gasteiger partial charge in [0.15, 0.2) is 0 Å². The zero-order valence-electron chi connectivity index (χ0n) is 8.63. The van der Waals surface area contributed by atoms with E-state index in [1.807, 2.05) is 0 Å². The average Bonchev–Trinajstić information content (AvgIpc) is 2.41. The van der Waals surface area contributed by atoms with Crippen LogP contribution in [0.3, 0.4) is 0 Å². The van der Waals surface area contributed by atoms with Gasteiger partial charge in [0.2, 0.25) is 0 Å². The zero-order chi connectivity index (χ0) is 9.36. The molecule has 0 aromatic rings. The molecule has 0 aromatic heterocycles. The van der Waals surface area contributed by atoms with E-state index in [0.717, 1.165) is 26.0 Å². The van der Waals surface area contributed by atoms with Gasteiger partial charge in [-0.25, -0.2) is 0 Å². The van der Waals surface area contributed by atoms with Gasteiger partial charge in [-0.1, -0.05) is 25.7 Å². The van der Waals surface area contributed by atoms with Gasteiger partial charge in [0.25, 0.3) is 0 Å². The van der Waals surface area contributed by atoms with Crippen molar-refractivity contribution in [3.8, 4) is 0 Å². The molecule has 78 valence electrons. The Balaban J connectivity index is 1.98. The molecular weight excluding hydrogens is 162 g/mol. The third-order valence-corrected chi connectivity index (χ3v) is 2.75. The minimum absolute atomic E-state index is 0.556. The molecule has 0 aromatic carbocycles. The van der Waals surface area contributed by atoms with E-state index >= 15 is 0 Å². The van der Waals surface area contributed by atoms with Crippen molar-refractivity contribution < 1.29 is 4.74 Å². The van der Waals surface area contributed by atoms with Crippen LogP contribution >= 0.6 is 0 Å². The Morgan fingerprint density at radius 3 is 2.31 bits per heavy atom. The van der Waals surface area contributed by atoms with E-state index in [4.69, 9.17) is 10.5 Å². The first-order chi connectivity index (χ1) is 6.43. The molecule has 0 bridgehead atoms. The summed E-state index contributed by atoms with van der Waals surface area (Å²) in [5.74, 6) is 0. The number of nitrogens with two attached hydrogens (primary N) is 1. The Labute approximate surface area is 81.8 Å². The summed E-state index contributed by atoms with van der Waals surface area (Å²) in [5, 5.41) is 0. The van der Waals surface area contributed by atoms with Gasteiger partial charge in [-0.3, -0.25) is 0 Å². The normalized spacial score (nSPS) is 20.1. The molecule has 0 spiro atoms. The van der Waals surface area contributed by atoms with Gasteiger partial charge in [-0.15, -0.1) is 0 Å². The molecule has 0 amide bonds. The molecule has 1 fully saturated rings. The minimum atomic E-state index is 0.556. The molecule has 1 aliphatic rings. The summed E-state index contributed by atoms with van der Waals surface area (Å²) in [6.07, 6.45) is 10.9. The smallest absolute Gasteiger partial charge is 0.0575 e. The van der Waals surface area contributed by atoms with Crippen LogP contribution in [0.25, 0.3) is 0 Å². The molecule has 2 N–H and O–H groups in total. The van der Waals surface area contributed by atoms with Crippen molar-refractivity contribution in [2.75, 3.05) is 13.2 Å². The Morgan fingerprint density at radius 2 is 1.69 bits per heavy atom. The molecule has 1 rings (SSSR count). The van der Waals surface area contributed by atoms with Crippen LogP contribution in [0.5, 0.6) is 0 Å². The van der Waals surface area contributed by atoms with Crippen molar-refractivity contribution in [1.29, 1.82) is 0 Å². The highest BCUT2D eigenvalue weighted by atomic mass is 16.5. The maximum absolute atomic E-state index is 5.81. The van der Waals surface area contributed by atoms with Gasteiger partial charge in [-0.05, 0) is 32.2 Å². The summed E-state index contributed by atoms with van der Waals surface area (Å²) >= 11 is 0. The molecule has 0 unspecified atom stereocenters. The van der Waals surface area contributed by atoms with Crippen molar-refractivity contribution in [1.82, 2.24) is 0 Å². The summed E-state index contributed by atoms with van der Waals surface area (Å²) < 4.78 is 5.81. The first kappa shape index (κ1) is 11.0. The van der Waals surface area contributed by atoms with Crippen LogP contribution < -0.4 is 5.73 Å². The summed E-state index contributed by atoms with van der Waals surface area (Å²) in [6.45, 7) is 1.72. The van der Waals surface area contributed by atoms with E-state index in [1.54, 1.807) is 0 Å². The molecule has 2 heteroatoms. The van der Waals surface area contributed by atoms with Crippen LogP contribution in [-0.4, -0.2) is 19.3 Å². The first-order valence-electron chi connectivity index (χ1n) is 5.75. The third kappa shape index (κ3) is 5.27. The highest BCUT2D eigenvalue weighted by Crippen LogP contribution is 2.19. The van der Waals surface area contributed by atoms with Crippen LogP contribution in [0.15, 0.2) is 0 Å². The Kier molecular flexibility index (Phi) is 6.21. The van der Waals surface area contributed by atoms with Gasteiger partial charge in [-0.2, -0.15) is 0 Å². The SMILES string of the molecule is NCCCCOC1CCCCCC1. The molecule has 13 heavy (non-hydrogen) atoms. The lowest BCUT2D eigenvalue weighted by atomic mass is 10.1. The highest BCUT2D eigenvalue weighted by Gasteiger charge is 2.11. The van der Waals surface area contributed by atoms with Crippen molar-refractivity contribution in [2.45, 2.75) is 57.5 Å². The summed E-state index contributed by atoms with van der Waals surface area (Å²) in [6, 6.07) is 0. The van der Waals surface area contributed by atoms with E-state index in [2.05, 4.69) is 0 Å². The summed E-state index contributed by atoms with van der Waals surface area (Å²) in [7, 11) is 0. The Hall–Kier alpha value is -0.0800.